The SMILES string of the molecule is O=S(=O)(Nc1ccc(-c2ccc(F)cc2N2CCCC2)nn1)C1CC1. The summed E-state index contributed by atoms with van der Waals surface area (Å²) in [4.78, 5) is 2.14. The van der Waals surface area contributed by atoms with Gasteiger partial charge < -0.3 is 4.90 Å². The highest BCUT2D eigenvalue weighted by molar-refractivity contribution is 7.93. The first-order valence-electron chi connectivity index (χ1n) is 8.43. The molecular weight excluding hydrogens is 343 g/mol. The molecule has 6 nitrogen and oxygen atoms in total. The Morgan fingerprint density at radius 3 is 2.48 bits per heavy atom. The molecule has 0 bridgehead atoms. The van der Waals surface area contributed by atoms with Gasteiger partial charge in [0.2, 0.25) is 10.0 Å². The molecule has 0 atom stereocenters. The second-order valence-electron chi connectivity index (χ2n) is 6.51. The Balaban J connectivity index is 1.61. The molecule has 1 aromatic heterocycles. The van der Waals surface area contributed by atoms with E-state index in [4.69, 9.17) is 0 Å². The first kappa shape index (κ1) is 16.3. The second-order valence-corrected chi connectivity index (χ2v) is 8.47. The van der Waals surface area contributed by atoms with Crippen molar-refractivity contribution in [1.82, 2.24) is 10.2 Å². The van der Waals surface area contributed by atoms with Gasteiger partial charge in [-0.3, -0.25) is 4.72 Å². The Morgan fingerprint density at radius 2 is 1.84 bits per heavy atom. The highest BCUT2D eigenvalue weighted by Crippen LogP contribution is 2.33. The number of hydrogen-bond donors (Lipinski definition) is 1. The Bertz CT molecular complexity index is 876. The van der Waals surface area contributed by atoms with E-state index >= 15 is 0 Å². The molecule has 8 heteroatoms. The number of nitrogens with one attached hydrogen (secondary N) is 1. The standard InChI is InChI=1S/C17H19FN4O2S/c18-12-3-6-14(16(11-12)22-9-1-2-10-22)15-7-8-17(20-19-15)21-25(23,24)13-4-5-13/h3,6-8,11,13H,1-2,4-5,9-10H2,(H,20,21). The van der Waals surface area contributed by atoms with Crippen molar-refractivity contribution in [2.45, 2.75) is 30.9 Å². The molecule has 1 aromatic carbocycles. The number of aromatic nitrogens is 2. The molecule has 2 fully saturated rings. The zero-order valence-electron chi connectivity index (χ0n) is 13.7. The molecule has 0 radical (unpaired) electrons. The van der Waals surface area contributed by atoms with Crippen LogP contribution in [0, 0.1) is 5.82 Å². The summed E-state index contributed by atoms with van der Waals surface area (Å²) in [5.74, 6) is -0.0760. The molecule has 2 heterocycles. The van der Waals surface area contributed by atoms with Crippen LogP contribution in [0.25, 0.3) is 11.3 Å². The molecule has 1 aliphatic heterocycles. The van der Waals surface area contributed by atoms with E-state index in [0.29, 0.717) is 18.5 Å². The molecule has 25 heavy (non-hydrogen) atoms. The molecule has 132 valence electrons. The molecular formula is C17H19FN4O2S. The van der Waals surface area contributed by atoms with E-state index in [2.05, 4.69) is 19.8 Å². The van der Waals surface area contributed by atoms with Gasteiger partial charge in [0.1, 0.15) is 5.82 Å². The molecule has 4 rings (SSSR count). The normalized spacial score (nSPS) is 17.7. The number of hydrogen-bond acceptors (Lipinski definition) is 5. The van der Waals surface area contributed by atoms with Gasteiger partial charge in [0.05, 0.1) is 10.9 Å². The topological polar surface area (TPSA) is 75.2 Å². The van der Waals surface area contributed by atoms with Crippen LogP contribution < -0.4 is 9.62 Å². The third-order valence-electron chi connectivity index (χ3n) is 4.56. The molecule has 0 unspecified atom stereocenters. The molecule has 1 saturated heterocycles. The molecule has 2 aromatic rings. The summed E-state index contributed by atoms with van der Waals surface area (Å²) in [5.41, 5.74) is 2.20. The lowest BCUT2D eigenvalue weighted by Gasteiger charge is -2.21. The highest BCUT2D eigenvalue weighted by atomic mass is 32.2. The molecule has 0 amide bonds. The van der Waals surface area contributed by atoms with Crippen molar-refractivity contribution in [3.8, 4) is 11.3 Å². The van der Waals surface area contributed by atoms with E-state index in [-0.39, 0.29) is 16.9 Å². The largest absolute Gasteiger partial charge is 0.371 e. The fourth-order valence-corrected chi connectivity index (χ4v) is 4.40. The van der Waals surface area contributed by atoms with Gasteiger partial charge in [-0.05, 0) is 56.0 Å². The Hall–Kier alpha value is -2.22. The lowest BCUT2D eigenvalue weighted by atomic mass is 10.1. The lowest BCUT2D eigenvalue weighted by molar-refractivity contribution is 0.599. The summed E-state index contributed by atoms with van der Waals surface area (Å²) in [6.45, 7) is 1.78. The lowest BCUT2D eigenvalue weighted by Crippen LogP contribution is -2.19. The van der Waals surface area contributed by atoms with Gasteiger partial charge in [0, 0.05) is 24.3 Å². The number of benzene rings is 1. The van der Waals surface area contributed by atoms with E-state index in [1.807, 2.05) is 0 Å². The number of anilines is 2. The minimum atomic E-state index is -3.35. The summed E-state index contributed by atoms with van der Waals surface area (Å²) in [5, 5.41) is 7.82. The Morgan fingerprint density at radius 1 is 1.08 bits per heavy atom. The van der Waals surface area contributed by atoms with Crippen LogP contribution in [-0.2, 0) is 10.0 Å². The third-order valence-corrected chi connectivity index (χ3v) is 6.40. The van der Waals surface area contributed by atoms with Crippen molar-refractivity contribution < 1.29 is 12.8 Å². The maximum absolute atomic E-state index is 13.7. The quantitative estimate of drug-likeness (QED) is 0.885. The number of sulfonamides is 1. The Kier molecular flexibility index (Phi) is 4.07. The minimum absolute atomic E-state index is 0.209. The second kappa shape index (κ2) is 6.25. The van der Waals surface area contributed by atoms with E-state index < -0.39 is 10.0 Å². The molecule has 1 saturated carbocycles. The predicted octanol–water partition coefficient (Wildman–Crippen LogP) is 2.79. The van der Waals surface area contributed by atoms with E-state index in [9.17, 15) is 12.8 Å². The summed E-state index contributed by atoms with van der Waals surface area (Å²) < 4.78 is 40.1. The fraction of sp³-hybridized carbons (Fsp3) is 0.412. The van der Waals surface area contributed by atoms with Crippen LogP contribution in [0.5, 0.6) is 0 Å². The van der Waals surface area contributed by atoms with Crippen molar-refractivity contribution in [3.63, 3.8) is 0 Å². The number of halogens is 1. The summed E-state index contributed by atoms with van der Waals surface area (Å²) in [6, 6.07) is 7.93. The van der Waals surface area contributed by atoms with Crippen LogP contribution in [0.3, 0.4) is 0 Å². The smallest absolute Gasteiger partial charge is 0.236 e. The van der Waals surface area contributed by atoms with Crippen LogP contribution in [0.4, 0.5) is 15.9 Å². The van der Waals surface area contributed by atoms with Crippen molar-refractivity contribution >= 4 is 21.5 Å². The zero-order chi connectivity index (χ0) is 17.4. The van der Waals surface area contributed by atoms with Gasteiger partial charge in [-0.25, -0.2) is 12.8 Å². The molecule has 2 aliphatic rings. The van der Waals surface area contributed by atoms with Gasteiger partial charge in [-0.2, -0.15) is 0 Å². The van der Waals surface area contributed by atoms with Crippen molar-refractivity contribution in [2.75, 3.05) is 22.7 Å². The zero-order valence-corrected chi connectivity index (χ0v) is 14.5. The van der Waals surface area contributed by atoms with E-state index in [1.54, 1.807) is 18.2 Å². The monoisotopic (exact) mass is 362 g/mol. The molecule has 1 aliphatic carbocycles. The summed E-state index contributed by atoms with van der Waals surface area (Å²) in [6.07, 6.45) is 3.55. The molecule has 0 spiro atoms. The predicted molar refractivity (Wildman–Crippen MR) is 94.4 cm³/mol. The van der Waals surface area contributed by atoms with Crippen molar-refractivity contribution in [2.24, 2.45) is 0 Å². The fourth-order valence-electron chi connectivity index (χ4n) is 3.08. The van der Waals surface area contributed by atoms with Crippen LogP contribution in [0.15, 0.2) is 30.3 Å². The highest BCUT2D eigenvalue weighted by Gasteiger charge is 2.36. The van der Waals surface area contributed by atoms with Crippen LogP contribution >= 0.6 is 0 Å². The first-order valence-corrected chi connectivity index (χ1v) is 9.98. The van der Waals surface area contributed by atoms with Crippen LogP contribution in [0.1, 0.15) is 25.7 Å². The third kappa shape index (κ3) is 3.44. The van der Waals surface area contributed by atoms with Gasteiger partial charge in [0.15, 0.2) is 5.82 Å². The van der Waals surface area contributed by atoms with Crippen LogP contribution in [0.2, 0.25) is 0 Å². The molecule has 1 N–H and O–H groups in total. The number of rotatable bonds is 5. The average Bonchev–Trinajstić information content (AvgIpc) is 3.32. The van der Waals surface area contributed by atoms with Gasteiger partial charge >= 0.3 is 0 Å². The Labute approximate surface area is 146 Å². The summed E-state index contributed by atoms with van der Waals surface area (Å²) >= 11 is 0. The van der Waals surface area contributed by atoms with Crippen LogP contribution in [-0.4, -0.2) is 37.0 Å². The summed E-state index contributed by atoms with van der Waals surface area (Å²) in [7, 11) is -3.35. The van der Waals surface area contributed by atoms with E-state index in [0.717, 1.165) is 37.2 Å². The number of nitrogens with zero attached hydrogens (tertiary/aromatic N) is 3. The van der Waals surface area contributed by atoms with Gasteiger partial charge in [0.25, 0.3) is 0 Å². The van der Waals surface area contributed by atoms with E-state index in [1.165, 1.54) is 12.1 Å². The first-order chi connectivity index (χ1) is 12.0. The minimum Gasteiger partial charge on any atom is -0.371 e. The van der Waals surface area contributed by atoms with Crippen molar-refractivity contribution in [3.05, 3.63) is 36.1 Å². The average molecular weight is 362 g/mol. The van der Waals surface area contributed by atoms with Gasteiger partial charge in [-0.15, -0.1) is 10.2 Å². The van der Waals surface area contributed by atoms with Gasteiger partial charge in [-0.1, -0.05) is 0 Å². The maximum Gasteiger partial charge on any atom is 0.236 e. The van der Waals surface area contributed by atoms with Crippen molar-refractivity contribution in [1.29, 1.82) is 0 Å². The maximum atomic E-state index is 13.7.